The lowest BCUT2D eigenvalue weighted by Gasteiger charge is -2.60. The fourth-order valence-electron chi connectivity index (χ4n) is 4.25. The molecule has 0 unspecified atom stereocenters. The van der Waals surface area contributed by atoms with Crippen molar-refractivity contribution < 1.29 is 4.48 Å². The Bertz CT molecular complexity index is 476. The summed E-state index contributed by atoms with van der Waals surface area (Å²) in [5.74, 6) is 0.620. The minimum Gasteiger partial charge on any atom is -0.282 e. The van der Waals surface area contributed by atoms with E-state index in [0.717, 1.165) is 0 Å². The molecule has 0 amide bonds. The molecule has 1 aromatic carbocycles. The summed E-state index contributed by atoms with van der Waals surface area (Å²) < 4.78 is 1.20. The molecular formula is C16H25N4+. The van der Waals surface area contributed by atoms with E-state index >= 15 is 0 Å². The quantitative estimate of drug-likeness (QED) is 0.778. The van der Waals surface area contributed by atoms with E-state index in [1.165, 1.54) is 62.2 Å². The van der Waals surface area contributed by atoms with E-state index < -0.39 is 0 Å². The molecule has 0 saturated carbocycles. The largest absolute Gasteiger partial charge is 0.282 e. The van der Waals surface area contributed by atoms with Crippen molar-refractivity contribution in [3.05, 3.63) is 35.4 Å². The summed E-state index contributed by atoms with van der Waals surface area (Å²) in [6, 6.07) is 9.22. The normalized spacial score (nSPS) is 38.6. The van der Waals surface area contributed by atoms with E-state index in [0.29, 0.717) is 5.92 Å². The van der Waals surface area contributed by atoms with Crippen LogP contribution in [-0.4, -0.2) is 59.2 Å². The minimum absolute atomic E-state index is 0.620. The highest BCUT2D eigenvalue weighted by Gasteiger charge is 2.48. The number of hydrogen-bond donors (Lipinski definition) is 0. The highest BCUT2D eigenvalue weighted by Crippen LogP contribution is 2.31. The molecule has 4 bridgehead atoms. The molecule has 0 atom stereocenters. The van der Waals surface area contributed by atoms with E-state index in [4.69, 9.17) is 0 Å². The van der Waals surface area contributed by atoms with Crippen molar-refractivity contribution in [1.29, 1.82) is 0 Å². The maximum Gasteiger partial charge on any atom is 0.139 e. The van der Waals surface area contributed by atoms with Crippen molar-refractivity contribution in [1.82, 2.24) is 14.7 Å². The third-order valence-corrected chi connectivity index (χ3v) is 4.84. The summed E-state index contributed by atoms with van der Waals surface area (Å²) in [5.41, 5.74) is 2.97. The van der Waals surface area contributed by atoms with Crippen molar-refractivity contribution in [2.45, 2.75) is 26.3 Å². The van der Waals surface area contributed by atoms with Gasteiger partial charge >= 0.3 is 0 Å². The Morgan fingerprint density at radius 2 is 1.60 bits per heavy atom. The molecule has 0 radical (unpaired) electrons. The topological polar surface area (TPSA) is 9.72 Å². The van der Waals surface area contributed by atoms with Gasteiger partial charge in [-0.25, -0.2) is 14.7 Å². The van der Waals surface area contributed by atoms with Crippen LogP contribution in [0.1, 0.15) is 30.9 Å². The van der Waals surface area contributed by atoms with Crippen LogP contribution in [0.25, 0.3) is 0 Å². The maximum atomic E-state index is 2.59. The molecule has 4 heteroatoms. The van der Waals surface area contributed by atoms with Gasteiger partial charge < -0.3 is 0 Å². The zero-order valence-electron chi connectivity index (χ0n) is 12.6. The fourth-order valence-corrected chi connectivity index (χ4v) is 4.25. The fraction of sp³-hybridized carbons (Fsp3) is 0.625. The second kappa shape index (κ2) is 4.53. The first-order valence-corrected chi connectivity index (χ1v) is 7.73. The summed E-state index contributed by atoms with van der Waals surface area (Å²) in [6.07, 6.45) is 0. The van der Waals surface area contributed by atoms with Gasteiger partial charge in [-0.15, -0.1) is 0 Å². The number of quaternary nitrogens is 1. The smallest absolute Gasteiger partial charge is 0.139 e. The highest BCUT2D eigenvalue weighted by molar-refractivity contribution is 5.25. The Hall–Kier alpha value is -0.940. The second-order valence-electron chi connectivity index (χ2n) is 7.26. The zero-order chi connectivity index (χ0) is 13.7. The molecular weight excluding hydrogens is 248 g/mol. The lowest BCUT2D eigenvalue weighted by Crippen LogP contribution is -2.78. The summed E-state index contributed by atoms with van der Waals surface area (Å²) in [6.45, 7) is 12.9. The molecule has 0 aliphatic carbocycles. The number of nitrogens with zero attached hydrogens (tertiary/aromatic N) is 4. The molecule has 4 aliphatic rings. The van der Waals surface area contributed by atoms with Crippen molar-refractivity contribution in [3.8, 4) is 0 Å². The Balaban J connectivity index is 1.58. The summed E-state index contributed by atoms with van der Waals surface area (Å²) in [4.78, 5) is 7.76. The molecule has 4 aliphatic heterocycles. The number of benzene rings is 1. The van der Waals surface area contributed by atoms with E-state index in [1.54, 1.807) is 0 Å². The van der Waals surface area contributed by atoms with Gasteiger partial charge in [-0.05, 0) is 17.5 Å². The molecule has 4 heterocycles. The SMILES string of the molecule is CC(C)c1cccc(C[N+]23CN4CN(CN(C4)C2)C3)c1. The van der Waals surface area contributed by atoms with Gasteiger partial charge in [0.2, 0.25) is 0 Å². The van der Waals surface area contributed by atoms with Crippen LogP contribution in [0, 0.1) is 0 Å². The van der Waals surface area contributed by atoms with Gasteiger partial charge in [0, 0.05) is 5.56 Å². The van der Waals surface area contributed by atoms with Crippen LogP contribution in [0.5, 0.6) is 0 Å². The van der Waals surface area contributed by atoms with Crippen molar-refractivity contribution in [2.75, 3.05) is 40.0 Å². The highest BCUT2D eigenvalue weighted by atomic mass is 15.7. The Labute approximate surface area is 121 Å². The zero-order valence-corrected chi connectivity index (χ0v) is 12.6. The van der Waals surface area contributed by atoms with E-state index in [-0.39, 0.29) is 0 Å². The lowest BCUT2D eigenvalue weighted by atomic mass is 10.0. The summed E-state index contributed by atoms with van der Waals surface area (Å²) >= 11 is 0. The number of rotatable bonds is 3. The molecule has 108 valence electrons. The van der Waals surface area contributed by atoms with Crippen LogP contribution in [-0.2, 0) is 6.54 Å². The third kappa shape index (κ3) is 2.17. The summed E-state index contributed by atoms with van der Waals surface area (Å²) in [5, 5.41) is 0. The van der Waals surface area contributed by atoms with E-state index in [1.807, 2.05) is 0 Å². The van der Waals surface area contributed by atoms with Gasteiger partial charge in [0.25, 0.3) is 0 Å². The van der Waals surface area contributed by atoms with Crippen LogP contribution < -0.4 is 0 Å². The van der Waals surface area contributed by atoms with Crippen LogP contribution in [0.15, 0.2) is 24.3 Å². The third-order valence-electron chi connectivity index (χ3n) is 4.84. The van der Waals surface area contributed by atoms with Gasteiger partial charge in [-0.3, -0.25) is 4.48 Å². The Morgan fingerprint density at radius 1 is 1.00 bits per heavy atom. The average molecular weight is 273 g/mol. The molecule has 20 heavy (non-hydrogen) atoms. The first kappa shape index (κ1) is 12.8. The molecule has 0 N–H and O–H groups in total. The molecule has 5 rings (SSSR count). The van der Waals surface area contributed by atoms with Crippen LogP contribution in [0.2, 0.25) is 0 Å². The molecule has 4 fully saturated rings. The van der Waals surface area contributed by atoms with Crippen molar-refractivity contribution in [3.63, 3.8) is 0 Å². The monoisotopic (exact) mass is 273 g/mol. The van der Waals surface area contributed by atoms with Gasteiger partial charge in [0.05, 0.1) is 20.0 Å². The molecule has 4 saturated heterocycles. The van der Waals surface area contributed by atoms with Crippen LogP contribution >= 0.6 is 0 Å². The second-order valence-corrected chi connectivity index (χ2v) is 7.26. The van der Waals surface area contributed by atoms with E-state index in [2.05, 4.69) is 52.8 Å². The molecule has 0 aromatic heterocycles. The van der Waals surface area contributed by atoms with Gasteiger partial charge in [0.15, 0.2) is 0 Å². The first-order chi connectivity index (χ1) is 9.62. The summed E-state index contributed by atoms with van der Waals surface area (Å²) in [7, 11) is 0. The first-order valence-electron chi connectivity index (χ1n) is 7.73. The lowest BCUT2D eigenvalue weighted by molar-refractivity contribution is -0.991. The molecule has 4 nitrogen and oxygen atoms in total. The van der Waals surface area contributed by atoms with Crippen LogP contribution in [0.3, 0.4) is 0 Å². The maximum absolute atomic E-state index is 2.59. The van der Waals surface area contributed by atoms with Crippen LogP contribution in [0.4, 0.5) is 0 Å². The van der Waals surface area contributed by atoms with Gasteiger partial charge in [-0.2, -0.15) is 0 Å². The molecule has 0 spiro atoms. The Kier molecular flexibility index (Phi) is 2.89. The average Bonchev–Trinajstić information content (AvgIpc) is 2.36. The Morgan fingerprint density at radius 3 is 2.15 bits per heavy atom. The standard InChI is InChI=1S/C16H25N4/c1-14(2)16-5-3-4-15(6-16)7-20-11-17-8-18(12-20)10-19(9-17)13-20/h3-6,14H,7-13H2,1-2H3/q+1. The minimum atomic E-state index is 0.620. The van der Waals surface area contributed by atoms with Gasteiger partial charge in [0.1, 0.15) is 26.6 Å². The predicted molar refractivity (Wildman–Crippen MR) is 79.2 cm³/mol. The van der Waals surface area contributed by atoms with Crippen molar-refractivity contribution in [2.24, 2.45) is 0 Å². The predicted octanol–water partition coefficient (Wildman–Crippen LogP) is 1.82. The van der Waals surface area contributed by atoms with E-state index in [9.17, 15) is 0 Å². The molecule has 1 aromatic rings. The van der Waals surface area contributed by atoms with Crippen molar-refractivity contribution >= 4 is 0 Å². The van der Waals surface area contributed by atoms with Gasteiger partial charge in [-0.1, -0.05) is 32.0 Å². The number of hydrogen-bond acceptors (Lipinski definition) is 3.